The molecule has 0 saturated heterocycles. The summed E-state index contributed by atoms with van der Waals surface area (Å²) >= 11 is 6.08. The van der Waals surface area contributed by atoms with Crippen molar-refractivity contribution in [3.05, 3.63) is 64.7 Å². The molecule has 6 heteroatoms. The molecule has 2 rings (SSSR count). The number of amides is 1. The van der Waals surface area contributed by atoms with Gasteiger partial charge in [-0.05, 0) is 44.9 Å². The summed E-state index contributed by atoms with van der Waals surface area (Å²) in [6, 6.07) is 15.8. The van der Waals surface area contributed by atoms with Gasteiger partial charge in [-0.3, -0.25) is 9.69 Å². The third-order valence-electron chi connectivity index (χ3n) is 4.40. The molecule has 1 N–H and O–H groups in total. The molecule has 27 heavy (non-hydrogen) atoms. The van der Waals surface area contributed by atoms with E-state index in [4.69, 9.17) is 16.3 Å². The molecule has 0 heterocycles. The Bertz CT molecular complexity index is 737. The number of nitrogens with one attached hydrogen (secondary N) is 1. The van der Waals surface area contributed by atoms with Gasteiger partial charge in [0.05, 0.1) is 19.7 Å². The Balaban J connectivity index is 1.90. The summed E-state index contributed by atoms with van der Waals surface area (Å²) < 4.78 is 5.37. The predicted molar refractivity (Wildman–Crippen MR) is 110 cm³/mol. The van der Waals surface area contributed by atoms with Gasteiger partial charge in [-0.2, -0.15) is 0 Å². The lowest BCUT2D eigenvalue weighted by molar-refractivity contribution is -0.122. The number of carbonyl (C=O) groups excluding carboxylic acids is 1. The Morgan fingerprint density at radius 2 is 1.85 bits per heavy atom. The van der Waals surface area contributed by atoms with Crippen molar-refractivity contribution in [2.75, 3.05) is 41.3 Å². The van der Waals surface area contributed by atoms with Crippen LogP contribution in [0.2, 0.25) is 5.02 Å². The van der Waals surface area contributed by atoms with Gasteiger partial charge in [0.2, 0.25) is 5.91 Å². The lowest BCUT2D eigenvalue weighted by Crippen LogP contribution is -2.39. The molecule has 0 aliphatic heterocycles. The molecule has 0 saturated carbocycles. The highest BCUT2D eigenvalue weighted by Gasteiger charge is 2.16. The second-order valence-electron chi connectivity index (χ2n) is 6.82. The Morgan fingerprint density at radius 1 is 1.15 bits per heavy atom. The third kappa shape index (κ3) is 6.54. The normalized spacial score (nSPS) is 12.3. The van der Waals surface area contributed by atoms with E-state index in [2.05, 4.69) is 22.3 Å². The van der Waals surface area contributed by atoms with Crippen LogP contribution in [0.4, 0.5) is 0 Å². The number of carbonyl (C=O) groups is 1. The maximum absolute atomic E-state index is 12.4. The second kappa shape index (κ2) is 10.3. The highest BCUT2D eigenvalue weighted by atomic mass is 35.5. The van der Waals surface area contributed by atoms with Crippen molar-refractivity contribution >= 4 is 17.5 Å². The number of rotatable bonds is 9. The quantitative estimate of drug-likeness (QED) is 0.715. The minimum absolute atomic E-state index is 0.0127. The maximum atomic E-state index is 12.4. The van der Waals surface area contributed by atoms with Crippen molar-refractivity contribution in [2.45, 2.75) is 12.6 Å². The highest BCUT2D eigenvalue weighted by Crippen LogP contribution is 2.23. The maximum Gasteiger partial charge on any atom is 0.234 e. The van der Waals surface area contributed by atoms with Crippen molar-refractivity contribution < 1.29 is 9.53 Å². The fourth-order valence-electron chi connectivity index (χ4n) is 3.00. The van der Waals surface area contributed by atoms with E-state index in [1.165, 1.54) is 5.56 Å². The summed E-state index contributed by atoms with van der Waals surface area (Å²) in [4.78, 5) is 16.4. The fourth-order valence-corrected chi connectivity index (χ4v) is 3.20. The van der Waals surface area contributed by atoms with Crippen LogP contribution in [0.5, 0.6) is 5.75 Å². The van der Waals surface area contributed by atoms with Crippen LogP contribution >= 0.6 is 11.6 Å². The van der Waals surface area contributed by atoms with Crippen LogP contribution in [-0.4, -0.2) is 57.0 Å². The van der Waals surface area contributed by atoms with Crippen LogP contribution in [0, 0.1) is 0 Å². The third-order valence-corrected chi connectivity index (χ3v) is 4.63. The summed E-state index contributed by atoms with van der Waals surface area (Å²) in [6.07, 6.45) is 0. The van der Waals surface area contributed by atoms with Crippen molar-refractivity contribution in [3.8, 4) is 5.75 Å². The molecule has 0 aliphatic carbocycles. The molecule has 0 fully saturated rings. The Morgan fingerprint density at radius 3 is 2.48 bits per heavy atom. The molecule has 146 valence electrons. The predicted octanol–water partition coefficient (Wildman–Crippen LogP) is 3.20. The average Bonchev–Trinajstić information content (AvgIpc) is 2.62. The van der Waals surface area contributed by atoms with E-state index in [0.29, 0.717) is 24.7 Å². The molecular formula is C21H28ClN3O2. The zero-order valence-electron chi connectivity index (χ0n) is 16.4. The van der Waals surface area contributed by atoms with Crippen LogP contribution in [0.25, 0.3) is 0 Å². The summed E-state index contributed by atoms with van der Waals surface area (Å²) in [5.41, 5.74) is 2.13. The van der Waals surface area contributed by atoms with E-state index in [1.54, 1.807) is 13.2 Å². The number of ether oxygens (including phenoxy) is 1. The van der Waals surface area contributed by atoms with Crippen LogP contribution in [-0.2, 0) is 11.3 Å². The number of hydrogen-bond donors (Lipinski definition) is 1. The first-order chi connectivity index (χ1) is 12.9. The van der Waals surface area contributed by atoms with Gasteiger partial charge in [0, 0.05) is 23.7 Å². The Labute approximate surface area is 166 Å². The molecule has 0 aliphatic rings. The molecule has 5 nitrogen and oxygen atoms in total. The average molecular weight is 390 g/mol. The molecule has 1 atom stereocenters. The topological polar surface area (TPSA) is 44.8 Å². The number of benzene rings is 2. The van der Waals surface area contributed by atoms with E-state index in [9.17, 15) is 4.79 Å². The molecule has 1 amide bonds. The smallest absolute Gasteiger partial charge is 0.234 e. The molecule has 2 aromatic rings. The number of methoxy groups -OCH3 is 1. The first kappa shape index (κ1) is 21.2. The van der Waals surface area contributed by atoms with Crippen LogP contribution in [0.3, 0.4) is 0 Å². The zero-order valence-corrected chi connectivity index (χ0v) is 17.2. The van der Waals surface area contributed by atoms with Gasteiger partial charge in [0.15, 0.2) is 0 Å². The largest absolute Gasteiger partial charge is 0.496 e. The number of halogens is 1. The van der Waals surface area contributed by atoms with Crippen LogP contribution in [0.15, 0.2) is 48.5 Å². The standard InChI is InChI=1S/C21H28ClN3O2/c1-24(2)19(16-8-6-5-7-9-16)13-23-21(26)15-25(3)14-17-12-18(22)10-11-20(17)27-4/h5-12,19H,13-15H2,1-4H3,(H,23,26). The summed E-state index contributed by atoms with van der Waals surface area (Å²) in [5.74, 6) is 0.754. The highest BCUT2D eigenvalue weighted by molar-refractivity contribution is 6.30. The number of likely N-dealkylation sites (N-methyl/N-ethyl adjacent to an activating group) is 2. The zero-order chi connectivity index (χ0) is 19.8. The van der Waals surface area contributed by atoms with Gasteiger partial charge in [0.1, 0.15) is 5.75 Å². The molecular weight excluding hydrogens is 362 g/mol. The lowest BCUT2D eigenvalue weighted by atomic mass is 10.1. The van der Waals surface area contributed by atoms with Gasteiger partial charge < -0.3 is 15.0 Å². The van der Waals surface area contributed by atoms with E-state index in [1.807, 2.05) is 56.4 Å². The van der Waals surface area contributed by atoms with Gasteiger partial charge >= 0.3 is 0 Å². The summed E-state index contributed by atoms with van der Waals surface area (Å²) in [5, 5.41) is 3.69. The van der Waals surface area contributed by atoms with Gasteiger partial charge in [-0.15, -0.1) is 0 Å². The van der Waals surface area contributed by atoms with Crippen LogP contribution < -0.4 is 10.1 Å². The molecule has 0 radical (unpaired) electrons. The van der Waals surface area contributed by atoms with Gasteiger partial charge in [0.25, 0.3) is 0 Å². The summed E-state index contributed by atoms with van der Waals surface area (Å²) in [6.45, 7) is 1.43. The van der Waals surface area contributed by atoms with Gasteiger partial charge in [-0.25, -0.2) is 0 Å². The molecule has 2 aromatic carbocycles. The van der Waals surface area contributed by atoms with E-state index >= 15 is 0 Å². The van der Waals surface area contributed by atoms with Crippen molar-refractivity contribution in [2.24, 2.45) is 0 Å². The molecule has 0 bridgehead atoms. The van der Waals surface area contributed by atoms with Crippen LogP contribution in [0.1, 0.15) is 17.2 Å². The first-order valence-corrected chi connectivity index (χ1v) is 9.27. The number of hydrogen-bond acceptors (Lipinski definition) is 4. The van der Waals surface area contributed by atoms with Crippen molar-refractivity contribution in [3.63, 3.8) is 0 Å². The SMILES string of the molecule is COc1ccc(Cl)cc1CN(C)CC(=O)NCC(c1ccccc1)N(C)C. The Kier molecular flexibility index (Phi) is 8.10. The first-order valence-electron chi connectivity index (χ1n) is 8.89. The fraction of sp³-hybridized carbons (Fsp3) is 0.381. The van der Waals surface area contributed by atoms with E-state index in [-0.39, 0.29) is 11.9 Å². The van der Waals surface area contributed by atoms with E-state index in [0.717, 1.165) is 11.3 Å². The van der Waals surface area contributed by atoms with Crippen molar-refractivity contribution in [1.82, 2.24) is 15.1 Å². The minimum atomic E-state index is -0.0127. The van der Waals surface area contributed by atoms with Crippen molar-refractivity contribution in [1.29, 1.82) is 0 Å². The Hall–Kier alpha value is -2.08. The molecule has 0 aromatic heterocycles. The second-order valence-corrected chi connectivity index (χ2v) is 7.26. The molecule has 1 unspecified atom stereocenters. The minimum Gasteiger partial charge on any atom is -0.496 e. The monoisotopic (exact) mass is 389 g/mol. The van der Waals surface area contributed by atoms with Gasteiger partial charge in [-0.1, -0.05) is 41.9 Å². The summed E-state index contributed by atoms with van der Waals surface area (Å²) in [7, 11) is 7.56. The van der Waals surface area contributed by atoms with E-state index < -0.39 is 0 Å². The lowest BCUT2D eigenvalue weighted by Gasteiger charge is -2.25. The molecule has 0 spiro atoms. The number of nitrogens with zero attached hydrogens (tertiary/aromatic N) is 2.